The van der Waals surface area contributed by atoms with Gasteiger partial charge in [-0.15, -0.1) is 0 Å². The van der Waals surface area contributed by atoms with Crippen LogP contribution in [0, 0.1) is 0 Å². The van der Waals surface area contributed by atoms with Crippen molar-refractivity contribution >= 4 is 23.1 Å². The fraction of sp³-hybridized carbons (Fsp3) is 0.273. The van der Waals surface area contributed by atoms with E-state index < -0.39 is 16.8 Å². The van der Waals surface area contributed by atoms with E-state index in [2.05, 4.69) is 0 Å². The molecule has 5 heteroatoms. The summed E-state index contributed by atoms with van der Waals surface area (Å²) < 4.78 is 16.1. The molecule has 0 saturated heterocycles. The quantitative estimate of drug-likeness (QED) is 0.589. The van der Waals surface area contributed by atoms with Gasteiger partial charge in [-0.3, -0.25) is 9.00 Å². The van der Waals surface area contributed by atoms with Crippen molar-refractivity contribution in [3.05, 3.63) is 29.3 Å². The molecule has 0 aliphatic rings. The summed E-state index contributed by atoms with van der Waals surface area (Å²) in [6.45, 7) is 1.95. The Labute approximate surface area is 96.1 Å². The van der Waals surface area contributed by atoms with Gasteiger partial charge in [-0.25, -0.2) is 4.79 Å². The van der Waals surface area contributed by atoms with Crippen LogP contribution >= 0.6 is 0 Å². The largest absolute Gasteiger partial charge is 0.462 e. The Balaban J connectivity index is 3.18. The molecule has 0 bridgehead atoms. The second kappa shape index (κ2) is 5.55. The summed E-state index contributed by atoms with van der Waals surface area (Å²) in [5.74, 6) is -0.516. The molecule has 0 N–H and O–H groups in total. The normalized spacial score (nSPS) is 11.9. The highest BCUT2D eigenvalue weighted by atomic mass is 32.2. The fourth-order valence-electron chi connectivity index (χ4n) is 1.19. The monoisotopic (exact) mass is 240 g/mol. The number of rotatable bonds is 4. The summed E-state index contributed by atoms with van der Waals surface area (Å²) in [5.41, 5.74) is 0.562. The Morgan fingerprint density at radius 3 is 2.62 bits per heavy atom. The second-order valence-corrected chi connectivity index (χ2v) is 4.46. The molecule has 1 atom stereocenters. The maximum absolute atomic E-state index is 11.5. The molecule has 0 aromatic heterocycles. The molecule has 1 aromatic carbocycles. The van der Waals surface area contributed by atoms with E-state index in [0.717, 1.165) is 0 Å². The Morgan fingerprint density at radius 1 is 1.44 bits per heavy atom. The highest BCUT2D eigenvalue weighted by molar-refractivity contribution is 7.84. The van der Waals surface area contributed by atoms with Gasteiger partial charge in [0, 0.05) is 27.5 Å². The van der Waals surface area contributed by atoms with E-state index in [0.29, 0.717) is 16.7 Å². The van der Waals surface area contributed by atoms with E-state index >= 15 is 0 Å². The lowest BCUT2D eigenvalue weighted by Gasteiger charge is -2.04. The van der Waals surface area contributed by atoms with Gasteiger partial charge in [0.1, 0.15) is 6.29 Å². The zero-order valence-corrected chi connectivity index (χ0v) is 9.87. The van der Waals surface area contributed by atoms with Crippen molar-refractivity contribution in [2.24, 2.45) is 0 Å². The number of ether oxygens (including phenoxy) is 1. The van der Waals surface area contributed by atoms with Gasteiger partial charge in [-0.2, -0.15) is 0 Å². The molecule has 0 spiro atoms. The van der Waals surface area contributed by atoms with Crippen LogP contribution in [0.1, 0.15) is 27.6 Å². The predicted molar refractivity (Wildman–Crippen MR) is 60.1 cm³/mol. The number of aldehydes is 1. The lowest BCUT2D eigenvalue weighted by molar-refractivity contribution is 0.0526. The van der Waals surface area contributed by atoms with Gasteiger partial charge in [0.25, 0.3) is 0 Å². The summed E-state index contributed by atoms with van der Waals surface area (Å²) in [4.78, 5) is 22.6. The SMILES string of the molecule is CCOC(=O)c1cc(C=O)cc(S(C)=O)c1. The van der Waals surface area contributed by atoms with E-state index in [1.54, 1.807) is 6.92 Å². The van der Waals surface area contributed by atoms with Crippen LogP contribution in [-0.4, -0.2) is 29.3 Å². The highest BCUT2D eigenvalue weighted by Crippen LogP contribution is 2.13. The van der Waals surface area contributed by atoms with Crippen LogP contribution in [-0.2, 0) is 15.5 Å². The van der Waals surface area contributed by atoms with Crippen molar-refractivity contribution in [1.82, 2.24) is 0 Å². The lowest BCUT2D eigenvalue weighted by atomic mass is 10.1. The zero-order valence-electron chi connectivity index (χ0n) is 9.06. The number of esters is 1. The topological polar surface area (TPSA) is 60.4 Å². The van der Waals surface area contributed by atoms with Crippen molar-refractivity contribution in [1.29, 1.82) is 0 Å². The van der Waals surface area contributed by atoms with Gasteiger partial charge in [0.05, 0.1) is 12.2 Å². The van der Waals surface area contributed by atoms with Crippen molar-refractivity contribution in [2.45, 2.75) is 11.8 Å². The number of benzene rings is 1. The van der Waals surface area contributed by atoms with Crippen LogP contribution in [0.3, 0.4) is 0 Å². The van der Waals surface area contributed by atoms with Gasteiger partial charge in [0.15, 0.2) is 0 Å². The van der Waals surface area contributed by atoms with Gasteiger partial charge in [0.2, 0.25) is 0 Å². The minimum Gasteiger partial charge on any atom is -0.462 e. The Bertz CT molecular complexity index is 440. The van der Waals surface area contributed by atoms with Gasteiger partial charge < -0.3 is 4.74 Å². The van der Waals surface area contributed by atoms with Gasteiger partial charge >= 0.3 is 5.97 Å². The van der Waals surface area contributed by atoms with Crippen molar-refractivity contribution in [3.8, 4) is 0 Å². The molecule has 16 heavy (non-hydrogen) atoms. The summed E-state index contributed by atoms with van der Waals surface area (Å²) in [7, 11) is -1.24. The van der Waals surface area contributed by atoms with Crippen LogP contribution in [0.5, 0.6) is 0 Å². The van der Waals surface area contributed by atoms with E-state index in [1.807, 2.05) is 0 Å². The van der Waals surface area contributed by atoms with Crippen molar-refractivity contribution in [2.75, 3.05) is 12.9 Å². The van der Waals surface area contributed by atoms with Crippen molar-refractivity contribution < 1.29 is 18.5 Å². The molecule has 1 aromatic rings. The summed E-state index contributed by atoms with van der Waals surface area (Å²) in [6, 6.07) is 4.38. The molecule has 1 unspecified atom stereocenters. The van der Waals surface area contributed by atoms with Crippen molar-refractivity contribution in [3.63, 3.8) is 0 Å². The third-order valence-electron chi connectivity index (χ3n) is 1.91. The van der Waals surface area contributed by atoms with Gasteiger partial charge in [-0.1, -0.05) is 0 Å². The number of carbonyl (C=O) groups is 2. The molecule has 1 rings (SSSR count). The smallest absolute Gasteiger partial charge is 0.338 e. The molecular formula is C11H12O4S. The average Bonchev–Trinajstić information content (AvgIpc) is 2.28. The van der Waals surface area contributed by atoms with E-state index in [4.69, 9.17) is 4.74 Å². The van der Waals surface area contributed by atoms with E-state index in [9.17, 15) is 13.8 Å². The maximum Gasteiger partial charge on any atom is 0.338 e. The molecule has 86 valence electrons. The molecular weight excluding hydrogens is 228 g/mol. The molecule has 0 aliphatic carbocycles. The molecule has 0 saturated carbocycles. The predicted octanol–water partition coefficient (Wildman–Crippen LogP) is 1.41. The number of hydrogen-bond acceptors (Lipinski definition) is 4. The summed E-state index contributed by atoms with van der Waals surface area (Å²) in [5, 5.41) is 0. The zero-order chi connectivity index (χ0) is 12.1. The third kappa shape index (κ3) is 3.00. The fourth-order valence-corrected chi connectivity index (χ4v) is 1.78. The van der Waals surface area contributed by atoms with E-state index in [1.165, 1.54) is 24.5 Å². The average molecular weight is 240 g/mol. The molecule has 0 heterocycles. The van der Waals surface area contributed by atoms with Crippen LogP contribution in [0.2, 0.25) is 0 Å². The first-order valence-corrected chi connectivity index (χ1v) is 6.25. The van der Waals surface area contributed by atoms with Crippen LogP contribution < -0.4 is 0 Å². The Kier molecular flexibility index (Phi) is 4.37. The number of hydrogen-bond donors (Lipinski definition) is 0. The summed E-state index contributed by atoms with van der Waals surface area (Å²) >= 11 is 0. The van der Waals surface area contributed by atoms with Crippen LogP contribution in [0.4, 0.5) is 0 Å². The molecule has 0 fully saturated rings. The third-order valence-corrected chi connectivity index (χ3v) is 2.81. The standard InChI is InChI=1S/C11H12O4S/c1-3-15-11(13)9-4-8(7-12)5-10(6-9)16(2)14/h4-7H,3H2,1-2H3. The van der Waals surface area contributed by atoms with Crippen LogP contribution in [0.15, 0.2) is 23.1 Å². The first kappa shape index (κ1) is 12.6. The van der Waals surface area contributed by atoms with Crippen LogP contribution in [0.25, 0.3) is 0 Å². The minimum absolute atomic E-state index is 0.247. The lowest BCUT2D eigenvalue weighted by Crippen LogP contribution is -2.06. The van der Waals surface area contributed by atoms with E-state index in [-0.39, 0.29) is 12.2 Å². The van der Waals surface area contributed by atoms with Gasteiger partial charge in [-0.05, 0) is 25.1 Å². The summed E-state index contributed by atoms with van der Waals surface area (Å²) in [6.07, 6.45) is 2.10. The first-order valence-electron chi connectivity index (χ1n) is 4.69. The molecule has 4 nitrogen and oxygen atoms in total. The Hall–Kier alpha value is -1.49. The molecule has 0 amide bonds. The number of carbonyl (C=O) groups excluding carboxylic acids is 2. The second-order valence-electron chi connectivity index (χ2n) is 3.08. The molecule has 0 radical (unpaired) electrons. The maximum atomic E-state index is 11.5. The first-order chi connectivity index (χ1) is 7.58. The minimum atomic E-state index is -1.24. The highest BCUT2D eigenvalue weighted by Gasteiger charge is 2.10. The Morgan fingerprint density at radius 2 is 2.12 bits per heavy atom. The molecule has 0 aliphatic heterocycles.